The Hall–Kier alpha value is -2.38. The summed E-state index contributed by atoms with van der Waals surface area (Å²) in [6.07, 6.45) is 2.06. The number of benzene rings is 2. The number of halogens is 3. The molecule has 2 aromatic carbocycles. The third-order valence-corrected chi connectivity index (χ3v) is 6.79. The zero-order valence-corrected chi connectivity index (χ0v) is 21.4. The standard InChI is InChI=1S/C27H30Cl2FN3O2/c1-3-14-35-22-9-10-24(23(29)15-22)33-13-12-32(17-25(33)19-4-6-20(28)7-5-19)18-27(2,34)26-11-8-21(30)16-31-26/h4-11,15-16,25,34H,3,12-14,17-18H2,1-2H3/t25-,27+/m0/s1. The molecule has 35 heavy (non-hydrogen) atoms. The van der Waals surface area contributed by atoms with Crippen molar-refractivity contribution in [2.75, 3.05) is 37.7 Å². The molecule has 2 heterocycles. The minimum absolute atomic E-state index is 0.0158. The second-order valence-electron chi connectivity index (χ2n) is 9.09. The highest BCUT2D eigenvalue weighted by Gasteiger charge is 2.34. The molecule has 5 nitrogen and oxygen atoms in total. The quantitative estimate of drug-likeness (QED) is 0.391. The lowest BCUT2D eigenvalue weighted by Crippen LogP contribution is -2.52. The Balaban J connectivity index is 1.58. The summed E-state index contributed by atoms with van der Waals surface area (Å²) in [4.78, 5) is 8.59. The van der Waals surface area contributed by atoms with E-state index in [9.17, 15) is 9.50 Å². The number of aliphatic hydroxyl groups is 1. The molecular formula is C27H30Cl2FN3O2. The van der Waals surface area contributed by atoms with Crippen LogP contribution in [0.4, 0.5) is 10.1 Å². The molecule has 186 valence electrons. The summed E-state index contributed by atoms with van der Waals surface area (Å²) in [7, 11) is 0. The number of β-amino-alcohol motifs (C(OH)–C–C–N with tert-alkyl or cyclic N) is 1. The van der Waals surface area contributed by atoms with E-state index in [2.05, 4.69) is 21.7 Å². The Morgan fingerprint density at radius 2 is 1.89 bits per heavy atom. The van der Waals surface area contributed by atoms with Gasteiger partial charge in [0.2, 0.25) is 0 Å². The maximum absolute atomic E-state index is 13.3. The van der Waals surface area contributed by atoms with Crippen LogP contribution in [0.5, 0.6) is 5.75 Å². The lowest BCUT2D eigenvalue weighted by Gasteiger charge is -2.45. The molecule has 0 radical (unpaired) electrons. The van der Waals surface area contributed by atoms with Gasteiger partial charge in [-0.25, -0.2) is 4.39 Å². The summed E-state index contributed by atoms with van der Waals surface area (Å²) in [5.74, 6) is 0.328. The summed E-state index contributed by atoms with van der Waals surface area (Å²) in [5.41, 5.74) is 1.24. The van der Waals surface area contributed by atoms with Crippen LogP contribution in [0.3, 0.4) is 0 Å². The van der Waals surface area contributed by atoms with Crippen LogP contribution in [0.1, 0.15) is 37.6 Å². The van der Waals surface area contributed by atoms with Gasteiger partial charge in [-0.3, -0.25) is 9.88 Å². The van der Waals surface area contributed by atoms with E-state index in [1.54, 1.807) is 6.92 Å². The molecule has 1 aliphatic rings. The normalized spacial score (nSPS) is 18.3. The predicted molar refractivity (Wildman–Crippen MR) is 139 cm³/mol. The average Bonchev–Trinajstić information content (AvgIpc) is 2.83. The molecule has 1 aromatic heterocycles. The second-order valence-corrected chi connectivity index (χ2v) is 9.94. The van der Waals surface area contributed by atoms with Gasteiger partial charge in [0.15, 0.2) is 0 Å². The highest BCUT2D eigenvalue weighted by molar-refractivity contribution is 6.33. The predicted octanol–water partition coefficient (Wildman–Crippen LogP) is 6.09. The SMILES string of the molecule is CCCOc1ccc(N2CCN(C[C@@](C)(O)c3ccc(F)cn3)C[C@H]2c2ccc(Cl)cc2)c(Cl)c1. The van der Waals surface area contributed by atoms with Gasteiger partial charge < -0.3 is 14.7 Å². The number of aromatic nitrogens is 1. The fourth-order valence-electron chi connectivity index (χ4n) is 4.48. The van der Waals surface area contributed by atoms with E-state index in [0.29, 0.717) is 48.5 Å². The highest BCUT2D eigenvalue weighted by atomic mass is 35.5. The van der Waals surface area contributed by atoms with Gasteiger partial charge in [0.25, 0.3) is 0 Å². The summed E-state index contributed by atoms with van der Waals surface area (Å²) in [6, 6.07) is 16.5. The maximum atomic E-state index is 13.3. The van der Waals surface area contributed by atoms with Crippen molar-refractivity contribution in [3.05, 3.63) is 87.9 Å². The first-order valence-electron chi connectivity index (χ1n) is 11.8. The minimum Gasteiger partial charge on any atom is -0.494 e. The first kappa shape index (κ1) is 25.7. The molecule has 1 aliphatic heterocycles. The number of nitrogens with zero attached hydrogens (tertiary/aromatic N) is 3. The van der Waals surface area contributed by atoms with Crippen molar-refractivity contribution in [1.29, 1.82) is 0 Å². The number of hydrogen-bond donors (Lipinski definition) is 1. The van der Waals surface area contributed by atoms with Gasteiger partial charge in [-0.05, 0) is 55.3 Å². The van der Waals surface area contributed by atoms with E-state index in [1.165, 1.54) is 12.1 Å². The molecule has 1 saturated heterocycles. The minimum atomic E-state index is -1.23. The van der Waals surface area contributed by atoms with Crippen LogP contribution >= 0.6 is 23.2 Å². The Kier molecular flexibility index (Phi) is 8.17. The summed E-state index contributed by atoms with van der Waals surface area (Å²) >= 11 is 12.9. The van der Waals surface area contributed by atoms with Crippen molar-refractivity contribution >= 4 is 28.9 Å². The highest BCUT2D eigenvalue weighted by Crippen LogP contribution is 2.38. The number of ether oxygens (including phenoxy) is 1. The Labute approximate surface area is 216 Å². The molecule has 3 aromatic rings. The molecular weight excluding hydrogens is 488 g/mol. The molecule has 8 heteroatoms. The summed E-state index contributed by atoms with van der Waals surface area (Å²) < 4.78 is 19.1. The third kappa shape index (κ3) is 6.25. The van der Waals surface area contributed by atoms with Crippen LogP contribution < -0.4 is 9.64 Å². The molecule has 0 amide bonds. The Morgan fingerprint density at radius 1 is 1.11 bits per heavy atom. The van der Waals surface area contributed by atoms with Crippen LogP contribution in [-0.2, 0) is 5.60 Å². The van der Waals surface area contributed by atoms with E-state index < -0.39 is 11.4 Å². The molecule has 1 fully saturated rings. The fourth-order valence-corrected chi connectivity index (χ4v) is 4.89. The smallest absolute Gasteiger partial charge is 0.141 e. The number of pyridine rings is 1. The maximum Gasteiger partial charge on any atom is 0.141 e. The van der Waals surface area contributed by atoms with Crippen LogP contribution in [0.2, 0.25) is 10.0 Å². The van der Waals surface area contributed by atoms with Gasteiger partial charge in [-0.1, -0.05) is 42.3 Å². The molecule has 2 atom stereocenters. The molecule has 0 saturated carbocycles. The van der Waals surface area contributed by atoms with E-state index in [1.807, 2.05) is 42.5 Å². The van der Waals surface area contributed by atoms with Crippen LogP contribution in [-0.4, -0.2) is 47.8 Å². The van der Waals surface area contributed by atoms with Gasteiger partial charge in [0, 0.05) is 37.3 Å². The van der Waals surface area contributed by atoms with Crippen molar-refractivity contribution in [1.82, 2.24) is 9.88 Å². The second kappa shape index (κ2) is 11.1. The molecule has 0 bridgehead atoms. The largest absolute Gasteiger partial charge is 0.494 e. The summed E-state index contributed by atoms with van der Waals surface area (Å²) in [6.45, 7) is 6.86. The monoisotopic (exact) mass is 517 g/mol. The Bertz CT molecular complexity index is 1130. The van der Waals surface area contributed by atoms with Crippen molar-refractivity contribution in [3.63, 3.8) is 0 Å². The first-order chi connectivity index (χ1) is 16.8. The van der Waals surface area contributed by atoms with Gasteiger partial charge in [0.05, 0.1) is 35.2 Å². The number of piperazine rings is 1. The van der Waals surface area contributed by atoms with Crippen LogP contribution in [0.15, 0.2) is 60.8 Å². The van der Waals surface area contributed by atoms with E-state index >= 15 is 0 Å². The molecule has 4 rings (SSSR count). The number of anilines is 1. The third-order valence-electron chi connectivity index (χ3n) is 6.23. The molecule has 0 spiro atoms. The summed E-state index contributed by atoms with van der Waals surface area (Å²) in [5, 5.41) is 12.5. The van der Waals surface area contributed by atoms with Crippen molar-refractivity contribution in [2.24, 2.45) is 0 Å². The molecule has 1 N–H and O–H groups in total. The van der Waals surface area contributed by atoms with E-state index in [0.717, 1.165) is 29.6 Å². The van der Waals surface area contributed by atoms with Crippen LogP contribution in [0.25, 0.3) is 0 Å². The van der Waals surface area contributed by atoms with Crippen molar-refractivity contribution in [3.8, 4) is 5.75 Å². The van der Waals surface area contributed by atoms with Crippen molar-refractivity contribution < 1.29 is 14.2 Å². The van der Waals surface area contributed by atoms with Gasteiger partial charge in [-0.15, -0.1) is 0 Å². The average molecular weight is 518 g/mol. The zero-order chi connectivity index (χ0) is 25.0. The number of rotatable bonds is 8. The van der Waals surface area contributed by atoms with Crippen molar-refractivity contribution in [2.45, 2.75) is 31.9 Å². The molecule has 0 aliphatic carbocycles. The van der Waals surface area contributed by atoms with Gasteiger partial charge in [0.1, 0.15) is 17.2 Å². The Morgan fingerprint density at radius 3 is 2.54 bits per heavy atom. The lowest BCUT2D eigenvalue weighted by atomic mass is 9.97. The van der Waals surface area contributed by atoms with Gasteiger partial charge in [-0.2, -0.15) is 0 Å². The first-order valence-corrected chi connectivity index (χ1v) is 12.5. The topological polar surface area (TPSA) is 48.8 Å². The fraction of sp³-hybridized carbons (Fsp3) is 0.370. The van der Waals surface area contributed by atoms with E-state index in [-0.39, 0.29) is 6.04 Å². The lowest BCUT2D eigenvalue weighted by molar-refractivity contribution is 0.00669. The zero-order valence-electron chi connectivity index (χ0n) is 19.9. The molecule has 0 unspecified atom stereocenters. The van der Waals surface area contributed by atoms with Crippen LogP contribution in [0, 0.1) is 5.82 Å². The number of hydrogen-bond acceptors (Lipinski definition) is 5. The van der Waals surface area contributed by atoms with E-state index in [4.69, 9.17) is 27.9 Å². The van der Waals surface area contributed by atoms with Gasteiger partial charge >= 0.3 is 0 Å².